The first kappa shape index (κ1) is 13.3. The molecule has 0 spiro atoms. The molecule has 90 valence electrons. The van der Waals surface area contributed by atoms with Gasteiger partial charge >= 0.3 is 0 Å². The van der Waals surface area contributed by atoms with Crippen LogP contribution in [0.1, 0.15) is 12.5 Å². The van der Waals surface area contributed by atoms with Crippen molar-refractivity contribution in [1.29, 1.82) is 0 Å². The lowest BCUT2D eigenvalue weighted by molar-refractivity contribution is 0.270. The minimum atomic E-state index is 0.583. The molecule has 4 heteroatoms. The van der Waals surface area contributed by atoms with E-state index < -0.39 is 0 Å². The number of nitrogens with zero attached hydrogens (tertiary/aromatic N) is 2. The molecule has 0 radical (unpaired) electrons. The second kappa shape index (κ2) is 6.76. The summed E-state index contributed by atoms with van der Waals surface area (Å²) in [5.74, 6) is 2.14. The SMILES string of the molecule is CNc1ncccc1CN(C)C(C)CSC. The van der Waals surface area contributed by atoms with Crippen molar-refractivity contribution in [1.82, 2.24) is 9.88 Å². The molecule has 1 unspecified atom stereocenters. The molecule has 1 aromatic heterocycles. The molecule has 1 rings (SSSR count). The minimum Gasteiger partial charge on any atom is -0.373 e. The van der Waals surface area contributed by atoms with Crippen molar-refractivity contribution in [3.8, 4) is 0 Å². The van der Waals surface area contributed by atoms with Crippen molar-refractivity contribution >= 4 is 17.6 Å². The minimum absolute atomic E-state index is 0.583. The van der Waals surface area contributed by atoms with E-state index in [1.807, 2.05) is 31.1 Å². The van der Waals surface area contributed by atoms with E-state index in [2.05, 4.69) is 41.5 Å². The largest absolute Gasteiger partial charge is 0.373 e. The summed E-state index contributed by atoms with van der Waals surface area (Å²) in [5, 5.41) is 3.13. The highest BCUT2D eigenvalue weighted by Gasteiger charge is 2.10. The Labute approximate surface area is 103 Å². The van der Waals surface area contributed by atoms with Gasteiger partial charge in [-0.2, -0.15) is 11.8 Å². The molecular weight excluding hydrogens is 218 g/mol. The van der Waals surface area contributed by atoms with Gasteiger partial charge in [0.25, 0.3) is 0 Å². The zero-order valence-electron chi connectivity index (χ0n) is 10.5. The first-order valence-corrected chi connectivity index (χ1v) is 6.89. The Kier molecular flexibility index (Phi) is 5.63. The zero-order chi connectivity index (χ0) is 12.0. The van der Waals surface area contributed by atoms with E-state index >= 15 is 0 Å². The average Bonchev–Trinajstić information content (AvgIpc) is 2.30. The molecule has 0 saturated heterocycles. The summed E-state index contributed by atoms with van der Waals surface area (Å²) >= 11 is 1.89. The van der Waals surface area contributed by atoms with Gasteiger partial charge in [0.2, 0.25) is 0 Å². The van der Waals surface area contributed by atoms with Gasteiger partial charge in [-0.25, -0.2) is 4.98 Å². The van der Waals surface area contributed by atoms with Crippen molar-refractivity contribution in [3.63, 3.8) is 0 Å². The number of aromatic nitrogens is 1. The van der Waals surface area contributed by atoms with E-state index in [1.54, 1.807) is 0 Å². The molecule has 1 heterocycles. The van der Waals surface area contributed by atoms with E-state index in [0.717, 1.165) is 18.1 Å². The fourth-order valence-electron chi connectivity index (χ4n) is 1.58. The normalized spacial score (nSPS) is 12.8. The second-order valence-electron chi connectivity index (χ2n) is 3.98. The van der Waals surface area contributed by atoms with Crippen molar-refractivity contribution in [2.24, 2.45) is 0 Å². The van der Waals surface area contributed by atoms with Crippen LogP contribution in [-0.4, -0.2) is 42.0 Å². The number of hydrogen-bond acceptors (Lipinski definition) is 4. The summed E-state index contributed by atoms with van der Waals surface area (Å²) in [4.78, 5) is 6.67. The Hall–Kier alpha value is -0.740. The predicted octanol–water partition coefficient (Wildman–Crippen LogP) is 2.31. The third kappa shape index (κ3) is 3.68. The summed E-state index contributed by atoms with van der Waals surface area (Å²) in [6, 6.07) is 4.70. The smallest absolute Gasteiger partial charge is 0.130 e. The highest BCUT2D eigenvalue weighted by atomic mass is 32.2. The van der Waals surface area contributed by atoms with Gasteiger partial charge in [0.1, 0.15) is 5.82 Å². The second-order valence-corrected chi connectivity index (χ2v) is 4.89. The zero-order valence-corrected chi connectivity index (χ0v) is 11.3. The van der Waals surface area contributed by atoms with Gasteiger partial charge in [-0.1, -0.05) is 6.07 Å². The van der Waals surface area contributed by atoms with Crippen molar-refractivity contribution in [2.45, 2.75) is 19.5 Å². The molecule has 0 aliphatic carbocycles. The molecule has 0 amide bonds. The Bertz CT molecular complexity index is 317. The predicted molar refractivity (Wildman–Crippen MR) is 73.1 cm³/mol. The molecule has 1 N–H and O–H groups in total. The summed E-state index contributed by atoms with van der Waals surface area (Å²) in [6.45, 7) is 3.19. The number of thioether (sulfide) groups is 1. The van der Waals surface area contributed by atoms with Crippen LogP contribution in [-0.2, 0) is 6.54 Å². The quantitative estimate of drug-likeness (QED) is 0.824. The van der Waals surface area contributed by atoms with Crippen LogP contribution in [0.25, 0.3) is 0 Å². The van der Waals surface area contributed by atoms with Gasteiger partial charge < -0.3 is 5.32 Å². The van der Waals surface area contributed by atoms with Gasteiger partial charge in [-0.15, -0.1) is 0 Å². The first-order chi connectivity index (χ1) is 7.69. The molecule has 3 nitrogen and oxygen atoms in total. The van der Waals surface area contributed by atoms with Crippen molar-refractivity contribution < 1.29 is 0 Å². The van der Waals surface area contributed by atoms with Gasteiger partial charge in [0.15, 0.2) is 0 Å². The first-order valence-electron chi connectivity index (χ1n) is 5.49. The molecule has 1 atom stereocenters. The van der Waals surface area contributed by atoms with Crippen LogP contribution in [0.15, 0.2) is 18.3 Å². The average molecular weight is 239 g/mol. The topological polar surface area (TPSA) is 28.2 Å². The van der Waals surface area contributed by atoms with Crippen LogP contribution in [0.4, 0.5) is 5.82 Å². The van der Waals surface area contributed by atoms with E-state index in [4.69, 9.17) is 0 Å². The molecule has 0 aliphatic rings. The number of rotatable bonds is 6. The summed E-state index contributed by atoms with van der Waals surface area (Å²) in [6.07, 6.45) is 3.97. The Morgan fingerprint density at radius 1 is 1.56 bits per heavy atom. The van der Waals surface area contributed by atoms with Crippen molar-refractivity contribution in [2.75, 3.05) is 31.4 Å². The molecule has 0 fully saturated rings. The maximum Gasteiger partial charge on any atom is 0.130 e. The molecule has 1 aromatic rings. The van der Waals surface area contributed by atoms with E-state index in [9.17, 15) is 0 Å². The lowest BCUT2D eigenvalue weighted by Crippen LogP contribution is -2.30. The number of pyridine rings is 1. The molecule has 0 bridgehead atoms. The van der Waals surface area contributed by atoms with E-state index in [0.29, 0.717) is 6.04 Å². The van der Waals surface area contributed by atoms with Crippen LogP contribution in [0.3, 0.4) is 0 Å². The van der Waals surface area contributed by atoms with E-state index in [1.165, 1.54) is 5.56 Å². The standard InChI is InChI=1S/C12H21N3S/c1-10(9-16-4)15(3)8-11-6-5-7-14-12(11)13-2/h5-7,10H,8-9H2,1-4H3,(H,13,14). The van der Waals surface area contributed by atoms with Crippen molar-refractivity contribution in [3.05, 3.63) is 23.9 Å². The van der Waals surface area contributed by atoms with Crippen LogP contribution in [0.2, 0.25) is 0 Å². The van der Waals surface area contributed by atoms with Gasteiger partial charge in [0, 0.05) is 37.1 Å². The third-order valence-corrected chi connectivity index (χ3v) is 3.52. The Morgan fingerprint density at radius 2 is 2.31 bits per heavy atom. The van der Waals surface area contributed by atoms with Crippen LogP contribution < -0.4 is 5.32 Å². The van der Waals surface area contributed by atoms with Crippen LogP contribution in [0.5, 0.6) is 0 Å². The van der Waals surface area contributed by atoms with E-state index in [-0.39, 0.29) is 0 Å². The lowest BCUT2D eigenvalue weighted by atomic mass is 10.2. The number of nitrogens with one attached hydrogen (secondary N) is 1. The molecule has 16 heavy (non-hydrogen) atoms. The number of hydrogen-bond donors (Lipinski definition) is 1. The molecule has 0 saturated carbocycles. The fraction of sp³-hybridized carbons (Fsp3) is 0.583. The highest BCUT2D eigenvalue weighted by molar-refractivity contribution is 7.98. The Morgan fingerprint density at radius 3 is 2.94 bits per heavy atom. The van der Waals surface area contributed by atoms with Crippen LogP contribution in [0, 0.1) is 0 Å². The van der Waals surface area contributed by atoms with Gasteiger partial charge in [0.05, 0.1) is 0 Å². The van der Waals surface area contributed by atoms with Crippen LogP contribution >= 0.6 is 11.8 Å². The summed E-state index contributed by atoms with van der Waals surface area (Å²) in [7, 11) is 4.07. The monoisotopic (exact) mass is 239 g/mol. The third-order valence-electron chi connectivity index (χ3n) is 2.71. The molecule has 0 aliphatic heterocycles. The summed E-state index contributed by atoms with van der Waals surface area (Å²) in [5.41, 5.74) is 1.25. The lowest BCUT2D eigenvalue weighted by Gasteiger charge is -2.24. The fourth-order valence-corrected chi connectivity index (χ4v) is 2.32. The van der Waals surface area contributed by atoms with Gasteiger partial charge in [-0.3, -0.25) is 4.90 Å². The summed E-state index contributed by atoms with van der Waals surface area (Å²) < 4.78 is 0. The number of anilines is 1. The molecule has 0 aromatic carbocycles. The maximum absolute atomic E-state index is 4.31. The molecular formula is C12H21N3S. The highest BCUT2D eigenvalue weighted by Crippen LogP contribution is 2.15. The maximum atomic E-state index is 4.31. The van der Waals surface area contributed by atoms with Gasteiger partial charge in [-0.05, 0) is 26.3 Å². The Balaban J connectivity index is 2.64.